The molecule has 5 nitrogen and oxygen atoms in total. The SMILES string of the molecule is CCc1ccc(OCCCn2c(CNC(=O)C3CCCCC3)nc3ccccc32)cc1. The molecule has 31 heavy (non-hydrogen) atoms. The molecule has 0 saturated heterocycles. The Morgan fingerprint density at radius 1 is 1.10 bits per heavy atom. The number of para-hydroxylation sites is 2. The second kappa shape index (κ2) is 10.5. The Morgan fingerprint density at radius 3 is 2.65 bits per heavy atom. The second-order valence-corrected chi connectivity index (χ2v) is 8.42. The topological polar surface area (TPSA) is 56.1 Å². The lowest BCUT2D eigenvalue weighted by molar-refractivity contribution is -0.126. The number of amides is 1. The smallest absolute Gasteiger partial charge is 0.223 e. The first kappa shape index (κ1) is 21.4. The van der Waals surface area contributed by atoms with Crippen molar-refractivity contribution in [1.82, 2.24) is 14.9 Å². The van der Waals surface area contributed by atoms with Gasteiger partial charge in [-0.15, -0.1) is 0 Å². The molecule has 1 N–H and O–H groups in total. The molecule has 4 rings (SSSR count). The van der Waals surface area contributed by atoms with Gasteiger partial charge in [-0.3, -0.25) is 4.79 Å². The summed E-state index contributed by atoms with van der Waals surface area (Å²) in [6, 6.07) is 16.5. The van der Waals surface area contributed by atoms with E-state index in [-0.39, 0.29) is 11.8 Å². The third-order valence-electron chi connectivity index (χ3n) is 6.26. The van der Waals surface area contributed by atoms with Crippen LogP contribution in [0.1, 0.15) is 56.8 Å². The number of benzene rings is 2. The maximum absolute atomic E-state index is 12.6. The molecule has 1 aliphatic carbocycles. The van der Waals surface area contributed by atoms with Crippen molar-refractivity contribution in [2.75, 3.05) is 6.61 Å². The Balaban J connectivity index is 1.37. The average molecular weight is 420 g/mol. The van der Waals surface area contributed by atoms with Gasteiger partial charge < -0.3 is 14.6 Å². The Morgan fingerprint density at radius 2 is 1.87 bits per heavy atom. The molecule has 3 aromatic rings. The zero-order valence-corrected chi connectivity index (χ0v) is 18.5. The summed E-state index contributed by atoms with van der Waals surface area (Å²) in [6.45, 7) is 4.08. The van der Waals surface area contributed by atoms with E-state index >= 15 is 0 Å². The molecule has 5 heteroatoms. The Hall–Kier alpha value is -2.82. The average Bonchev–Trinajstić information content (AvgIpc) is 3.18. The van der Waals surface area contributed by atoms with E-state index in [0.717, 1.165) is 67.7 Å². The molecule has 1 aliphatic rings. The fourth-order valence-electron chi connectivity index (χ4n) is 4.42. The fourth-order valence-corrected chi connectivity index (χ4v) is 4.42. The van der Waals surface area contributed by atoms with E-state index in [4.69, 9.17) is 9.72 Å². The van der Waals surface area contributed by atoms with Gasteiger partial charge in [0.1, 0.15) is 11.6 Å². The van der Waals surface area contributed by atoms with Gasteiger partial charge in [-0.05, 0) is 55.5 Å². The Bertz CT molecular complexity index is 988. The minimum Gasteiger partial charge on any atom is -0.494 e. The summed E-state index contributed by atoms with van der Waals surface area (Å²) >= 11 is 0. The lowest BCUT2D eigenvalue weighted by Crippen LogP contribution is -2.32. The van der Waals surface area contributed by atoms with Crippen molar-refractivity contribution in [3.63, 3.8) is 0 Å². The highest BCUT2D eigenvalue weighted by Gasteiger charge is 2.21. The van der Waals surface area contributed by atoms with Crippen LogP contribution in [0.3, 0.4) is 0 Å². The molecular weight excluding hydrogens is 386 g/mol. The zero-order valence-electron chi connectivity index (χ0n) is 18.5. The second-order valence-electron chi connectivity index (χ2n) is 8.42. The minimum atomic E-state index is 0.166. The predicted molar refractivity (Wildman–Crippen MR) is 124 cm³/mol. The van der Waals surface area contributed by atoms with Gasteiger partial charge in [0.15, 0.2) is 0 Å². The summed E-state index contributed by atoms with van der Waals surface area (Å²) in [5.41, 5.74) is 3.40. The predicted octanol–water partition coefficient (Wildman–Crippen LogP) is 5.26. The van der Waals surface area contributed by atoms with E-state index in [1.54, 1.807) is 0 Å². The summed E-state index contributed by atoms with van der Waals surface area (Å²) < 4.78 is 8.15. The van der Waals surface area contributed by atoms with E-state index < -0.39 is 0 Å². The third-order valence-corrected chi connectivity index (χ3v) is 6.26. The highest BCUT2D eigenvalue weighted by Crippen LogP contribution is 2.24. The monoisotopic (exact) mass is 419 g/mol. The quantitative estimate of drug-likeness (QED) is 0.481. The van der Waals surface area contributed by atoms with E-state index in [1.807, 2.05) is 30.3 Å². The number of rotatable bonds is 9. The van der Waals surface area contributed by atoms with Gasteiger partial charge >= 0.3 is 0 Å². The van der Waals surface area contributed by atoms with Crippen LogP contribution in [0.25, 0.3) is 11.0 Å². The summed E-state index contributed by atoms with van der Waals surface area (Å²) in [7, 11) is 0. The molecule has 2 aromatic carbocycles. The van der Waals surface area contributed by atoms with E-state index in [2.05, 4.69) is 35.0 Å². The van der Waals surface area contributed by atoms with Crippen LogP contribution in [0.15, 0.2) is 48.5 Å². The zero-order chi connectivity index (χ0) is 21.5. The van der Waals surface area contributed by atoms with E-state index in [1.165, 1.54) is 12.0 Å². The lowest BCUT2D eigenvalue weighted by Gasteiger charge is -2.20. The molecule has 0 atom stereocenters. The molecule has 0 unspecified atom stereocenters. The molecule has 1 aromatic heterocycles. The normalized spacial score (nSPS) is 14.6. The summed E-state index contributed by atoms with van der Waals surface area (Å²) in [5, 5.41) is 3.14. The Kier molecular flexibility index (Phi) is 7.23. The molecule has 164 valence electrons. The first-order valence-corrected chi connectivity index (χ1v) is 11.7. The van der Waals surface area contributed by atoms with Crippen LogP contribution in [-0.2, 0) is 24.3 Å². The fraction of sp³-hybridized carbons (Fsp3) is 0.462. The number of nitrogens with zero attached hydrogens (tertiary/aromatic N) is 2. The number of imidazole rings is 1. The van der Waals surface area contributed by atoms with Crippen LogP contribution in [-0.4, -0.2) is 22.1 Å². The number of carbonyl (C=O) groups excluding carboxylic acids is 1. The van der Waals surface area contributed by atoms with Crippen LogP contribution in [0, 0.1) is 5.92 Å². The molecule has 1 saturated carbocycles. The molecule has 1 heterocycles. The molecule has 0 aliphatic heterocycles. The molecular formula is C26H33N3O2. The highest BCUT2D eigenvalue weighted by atomic mass is 16.5. The van der Waals surface area contributed by atoms with Crippen LogP contribution >= 0.6 is 0 Å². The molecule has 0 bridgehead atoms. The Labute approximate surface area is 184 Å². The number of hydrogen-bond acceptors (Lipinski definition) is 3. The highest BCUT2D eigenvalue weighted by molar-refractivity contribution is 5.79. The first-order chi connectivity index (χ1) is 15.2. The van der Waals surface area contributed by atoms with Gasteiger partial charge in [0.25, 0.3) is 0 Å². The van der Waals surface area contributed by atoms with Crippen molar-refractivity contribution >= 4 is 16.9 Å². The summed E-state index contributed by atoms with van der Waals surface area (Å²) in [4.78, 5) is 17.4. The number of hydrogen-bond donors (Lipinski definition) is 1. The number of fused-ring (bicyclic) bond motifs is 1. The van der Waals surface area contributed by atoms with Crippen LogP contribution in [0.4, 0.5) is 0 Å². The van der Waals surface area contributed by atoms with Gasteiger partial charge in [0.2, 0.25) is 5.91 Å². The standard InChI is InChI=1S/C26H33N3O2/c1-2-20-13-15-22(16-14-20)31-18-8-17-29-24-12-7-6-11-23(24)28-25(29)19-27-26(30)21-9-4-3-5-10-21/h6-7,11-16,21H,2-5,8-10,17-19H2,1H3,(H,27,30). The van der Waals surface area contributed by atoms with E-state index in [0.29, 0.717) is 13.2 Å². The largest absolute Gasteiger partial charge is 0.494 e. The van der Waals surface area contributed by atoms with Gasteiger partial charge in [-0.1, -0.05) is 50.5 Å². The van der Waals surface area contributed by atoms with Crippen molar-refractivity contribution < 1.29 is 9.53 Å². The maximum Gasteiger partial charge on any atom is 0.223 e. The molecule has 1 fully saturated rings. The van der Waals surface area contributed by atoms with E-state index in [9.17, 15) is 4.79 Å². The van der Waals surface area contributed by atoms with Gasteiger partial charge in [0.05, 0.1) is 24.2 Å². The van der Waals surface area contributed by atoms with Crippen molar-refractivity contribution in [3.05, 3.63) is 59.9 Å². The van der Waals surface area contributed by atoms with Crippen molar-refractivity contribution in [2.24, 2.45) is 5.92 Å². The van der Waals surface area contributed by atoms with Crippen molar-refractivity contribution in [2.45, 2.75) is 65.0 Å². The number of aromatic nitrogens is 2. The van der Waals surface area contributed by atoms with Crippen molar-refractivity contribution in [1.29, 1.82) is 0 Å². The number of aryl methyl sites for hydroxylation is 2. The molecule has 0 spiro atoms. The minimum absolute atomic E-state index is 0.166. The van der Waals surface area contributed by atoms with Gasteiger partial charge in [0, 0.05) is 12.5 Å². The van der Waals surface area contributed by atoms with Gasteiger partial charge in [-0.2, -0.15) is 0 Å². The maximum atomic E-state index is 12.6. The lowest BCUT2D eigenvalue weighted by atomic mass is 9.89. The van der Waals surface area contributed by atoms with Crippen molar-refractivity contribution in [3.8, 4) is 5.75 Å². The number of carbonyl (C=O) groups is 1. The number of nitrogens with one attached hydrogen (secondary N) is 1. The summed E-state index contributed by atoms with van der Waals surface area (Å²) in [5.74, 6) is 2.17. The van der Waals surface area contributed by atoms with Crippen LogP contribution < -0.4 is 10.1 Å². The van der Waals surface area contributed by atoms with Gasteiger partial charge in [-0.25, -0.2) is 4.98 Å². The first-order valence-electron chi connectivity index (χ1n) is 11.7. The molecule has 0 radical (unpaired) electrons. The van der Waals surface area contributed by atoms with Crippen LogP contribution in [0.2, 0.25) is 0 Å². The third kappa shape index (κ3) is 5.46. The number of ether oxygens (including phenoxy) is 1. The molecule has 1 amide bonds. The van der Waals surface area contributed by atoms with Crippen LogP contribution in [0.5, 0.6) is 5.75 Å². The summed E-state index contributed by atoms with van der Waals surface area (Å²) in [6.07, 6.45) is 7.52.